The molecule has 0 unspecified atom stereocenters. The van der Waals surface area contributed by atoms with Crippen molar-refractivity contribution in [2.45, 2.75) is 68.0 Å². The van der Waals surface area contributed by atoms with Crippen molar-refractivity contribution in [2.75, 3.05) is 25.4 Å². The van der Waals surface area contributed by atoms with Crippen LogP contribution in [0.25, 0.3) is 0 Å². The average molecular weight is 508 g/mol. The molecule has 2 heterocycles. The summed E-state index contributed by atoms with van der Waals surface area (Å²) in [4.78, 5) is 29.9. The molecule has 4 aliphatic carbocycles. The number of benzene rings is 1. The minimum absolute atomic E-state index is 0.0202. The zero-order valence-electron chi connectivity index (χ0n) is 19.8. The number of urea groups is 1. The Kier molecular flexibility index (Phi) is 5.58. The number of likely N-dealkylation sites (tertiary alicyclic amines) is 1. The third-order valence-electron chi connectivity index (χ3n) is 9.12. The van der Waals surface area contributed by atoms with Crippen LogP contribution in [0, 0.1) is 17.8 Å². The van der Waals surface area contributed by atoms with Crippen LogP contribution >= 0.6 is 11.8 Å². The molecule has 6 fully saturated rings. The van der Waals surface area contributed by atoms with E-state index in [4.69, 9.17) is 0 Å². The van der Waals surface area contributed by atoms with Gasteiger partial charge in [0.05, 0.1) is 10.4 Å². The molecule has 4 bridgehead atoms. The lowest BCUT2D eigenvalue weighted by Crippen LogP contribution is -2.63. The number of carbonyl (C=O) groups excluding carboxylic acids is 2. The highest BCUT2D eigenvalue weighted by Crippen LogP contribution is 2.55. The molecule has 6 aliphatic rings. The van der Waals surface area contributed by atoms with E-state index in [1.165, 1.54) is 31.4 Å². The Morgan fingerprint density at radius 3 is 2.03 bits per heavy atom. The standard InChI is InChI=1S/C26H32F3N3O2S/c27-26(28,29)21-3-1-20(2-4-21)22(33)32-9-10-35-25(32)5-7-31(8-6-25)23(34)30-24-14-17-11-18(15-24)13-19(12-17)16-24/h1-4,17-19H,5-16H2,(H,30,34). The van der Waals surface area contributed by atoms with Crippen LogP contribution in [-0.2, 0) is 6.18 Å². The molecule has 1 spiro atoms. The number of carbonyl (C=O) groups is 2. The Balaban J connectivity index is 1.10. The molecule has 1 N–H and O–H groups in total. The van der Waals surface area contributed by atoms with E-state index in [0.717, 1.165) is 54.9 Å². The van der Waals surface area contributed by atoms with Gasteiger partial charge < -0.3 is 15.1 Å². The summed E-state index contributed by atoms with van der Waals surface area (Å²) in [5.41, 5.74) is -0.493. The van der Waals surface area contributed by atoms with E-state index in [1.807, 2.05) is 9.80 Å². The van der Waals surface area contributed by atoms with Crippen molar-refractivity contribution in [1.82, 2.24) is 15.1 Å². The summed E-state index contributed by atoms with van der Waals surface area (Å²) in [5.74, 6) is 2.88. The number of piperidine rings is 1. The van der Waals surface area contributed by atoms with E-state index in [2.05, 4.69) is 5.32 Å². The highest BCUT2D eigenvalue weighted by molar-refractivity contribution is 8.00. The predicted octanol–water partition coefficient (Wildman–Crippen LogP) is 5.36. The molecule has 0 atom stereocenters. The lowest BCUT2D eigenvalue weighted by molar-refractivity contribution is -0.137. The van der Waals surface area contributed by atoms with Gasteiger partial charge in [-0.05, 0) is 93.4 Å². The molecular weight excluding hydrogens is 475 g/mol. The smallest absolute Gasteiger partial charge is 0.333 e. The summed E-state index contributed by atoms with van der Waals surface area (Å²) in [6, 6.07) is 4.53. The van der Waals surface area contributed by atoms with Crippen molar-refractivity contribution >= 4 is 23.7 Å². The monoisotopic (exact) mass is 507 g/mol. The number of nitrogens with zero attached hydrogens (tertiary/aromatic N) is 2. The highest BCUT2D eigenvalue weighted by Gasteiger charge is 2.53. The van der Waals surface area contributed by atoms with Crippen LogP contribution in [0.3, 0.4) is 0 Å². The minimum atomic E-state index is -4.42. The fourth-order valence-electron chi connectivity index (χ4n) is 7.90. The first-order valence-corrected chi connectivity index (χ1v) is 13.8. The lowest BCUT2D eigenvalue weighted by Gasteiger charge is -2.57. The molecule has 2 aliphatic heterocycles. The molecule has 1 aromatic carbocycles. The Morgan fingerprint density at radius 2 is 1.49 bits per heavy atom. The molecule has 3 amide bonds. The van der Waals surface area contributed by atoms with Crippen molar-refractivity contribution in [2.24, 2.45) is 17.8 Å². The van der Waals surface area contributed by atoms with Crippen molar-refractivity contribution in [3.8, 4) is 0 Å². The van der Waals surface area contributed by atoms with Crippen LogP contribution in [0.2, 0.25) is 0 Å². The molecule has 4 saturated carbocycles. The first-order valence-electron chi connectivity index (χ1n) is 12.9. The first kappa shape index (κ1) is 23.5. The highest BCUT2D eigenvalue weighted by atomic mass is 32.2. The van der Waals surface area contributed by atoms with E-state index in [1.54, 1.807) is 11.8 Å². The van der Waals surface area contributed by atoms with E-state index in [9.17, 15) is 22.8 Å². The minimum Gasteiger partial charge on any atom is -0.333 e. The number of rotatable bonds is 2. The van der Waals surface area contributed by atoms with Gasteiger partial charge in [-0.3, -0.25) is 4.79 Å². The number of amides is 3. The largest absolute Gasteiger partial charge is 0.416 e. The molecule has 7 rings (SSSR count). The van der Waals surface area contributed by atoms with Crippen LogP contribution in [-0.4, -0.2) is 57.5 Å². The summed E-state index contributed by atoms with van der Waals surface area (Å²) in [5, 5.41) is 3.46. The van der Waals surface area contributed by atoms with Gasteiger partial charge in [-0.2, -0.15) is 13.2 Å². The second-order valence-electron chi connectivity index (χ2n) is 11.4. The second-order valence-corrected chi connectivity index (χ2v) is 12.9. The zero-order valence-corrected chi connectivity index (χ0v) is 20.6. The van der Waals surface area contributed by atoms with Gasteiger partial charge in [-0.15, -0.1) is 11.8 Å². The fourth-order valence-corrected chi connectivity index (χ4v) is 9.35. The molecule has 5 nitrogen and oxygen atoms in total. The van der Waals surface area contributed by atoms with E-state index in [0.29, 0.717) is 32.5 Å². The molecule has 1 aromatic rings. The molecule has 0 radical (unpaired) electrons. The first-order chi connectivity index (χ1) is 16.6. The summed E-state index contributed by atoms with van der Waals surface area (Å²) in [6.45, 7) is 1.74. The lowest BCUT2D eigenvalue weighted by atomic mass is 9.53. The maximum Gasteiger partial charge on any atom is 0.416 e. The Labute approximate surface area is 208 Å². The number of nitrogens with one attached hydrogen (secondary N) is 1. The van der Waals surface area contributed by atoms with Crippen molar-refractivity contribution in [3.63, 3.8) is 0 Å². The quantitative estimate of drug-likeness (QED) is 0.586. The van der Waals surface area contributed by atoms with Crippen LogP contribution in [0.4, 0.5) is 18.0 Å². The van der Waals surface area contributed by atoms with Gasteiger partial charge in [-0.25, -0.2) is 4.79 Å². The fraction of sp³-hybridized carbons (Fsp3) is 0.692. The number of hydrogen-bond donors (Lipinski definition) is 1. The van der Waals surface area contributed by atoms with E-state index >= 15 is 0 Å². The zero-order chi connectivity index (χ0) is 24.4. The van der Waals surface area contributed by atoms with Gasteiger partial charge in [-0.1, -0.05) is 0 Å². The molecular formula is C26H32F3N3O2S. The molecule has 0 aromatic heterocycles. The van der Waals surface area contributed by atoms with Gasteiger partial charge in [0.1, 0.15) is 0 Å². The van der Waals surface area contributed by atoms with Crippen molar-refractivity contribution in [3.05, 3.63) is 35.4 Å². The topological polar surface area (TPSA) is 52.7 Å². The van der Waals surface area contributed by atoms with Crippen LogP contribution in [0.1, 0.15) is 67.3 Å². The van der Waals surface area contributed by atoms with Gasteiger partial charge in [0.25, 0.3) is 5.91 Å². The molecule has 35 heavy (non-hydrogen) atoms. The van der Waals surface area contributed by atoms with Crippen LogP contribution < -0.4 is 5.32 Å². The Bertz CT molecular complexity index is 969. The second kappa shape index (κ2) is 8.32. The van der Waals surface area contributed by atoms with Gasteiger partial charge in [0, 0.05) is 36.5 Å². The Hall–Kier alpha value is -1.90. The summed E-state index contributed by atoms with van der Waals surface area (Å²) in [6.07, 6.45) is 4.30. The van der Waals surface area contributed by atoms with Crippen LogP contribution in [0.5, 0.6) is 0 Å². The summed E-state index contributed by atoms with van der Waals surface area (Å²) < 4.78 is 38.7. The van der Waals surface area contributed by atoms with Gasteiger partial charge in [0.15, 0.2) is 0 Å². The van der Waals surface area contributed by atoms with Crippen LogP contribution in [0.15, 0.2) is 24.3 Å². The number of hydrogen-bond acceptors (Lipinski definition) is 3. The number of alkyl halides is 3. The normalized spacial score (nSPS) is 33.4. The molecule has 2 saturated heterocycles. The SMILES string of the molecule is O=C(NC12CC3CC(CC(C3)C1)C2)N1CCC2(CC1)SCCN2C(=O)c1ccc(C(F)(F)F)cc1. The van der Waals surface area contributed by atoms with E-state index in [-0.39, 0.29) is 23.0 Å². The predicted molar refractivity (Wildman–Crippen MR) is 128 cm³/mol. The van der Waals surface area contributed by atoms with Crippen molar-refractivity contribution < 1.29 is 22.8 Å². The van der Waals surface area contributed by atoms with Gasteiger partial charge >= 0.3 is 12.2 Å². The molecule has 190 valence electrons. The average Bonchev–Trinajstić information content (AvgIpc) is 3.20. The van der Waals surface area contributed by atoms with E-state index < -0.39 is 16.6 Å². The summed E-state index contributed by atoms with van der Waals surface area (Å²) in [7, 11) is 0. The number of thioether (sulfide) groups is 1. The maximum atomic E-state index is 13.3. The third-order valence-corrected chi connectivity index (χ3v) is 10.7. The van der Waals surface area contributed by atoms with Gasteiger partial charge in [0.2, 0.25) is 0 Å². The molecule has 9 heteroatoms. The van der Waals surface area contributed by atoms with Crippen molar-refractivity contribution in [1.29, 1.82) is 0 Å². The summed E-state index contributed by atoms with van der Waals surface area (Å²) >= 11 is 1.74. The number of halogens is 3. The third kappa shape index (κ3) is 4.21. The maximum absolute atomic E-state index is 13.3. The Morgan fingerprint density at radius 1 is 0.914 bits per heavy atom.